The van der Waals surface area contributed by atoms with Crippen molar-refractivity contribution in [1.29, 1.82) is 0 Å². The summed E-state index contributed by atoms with van der Waals surface area (Å²) in [6, 6.07) is 11.4. The van der Waals surface area contributed by atoms with Crippen LogP contribution >= 0.6 is 0 Å². The molecule has 0 spiro atoms. The van der Waals surface area contributed by atoms with Gasteiger partial charge in [0.25, 0.3) is 0 Å². The zero-order valence-corrected chi connectivity index (χ0v) is 14.2. The summed E-state index contributed by atoms with van der Waals surface area (Å²) in [5.41, 5.74) is 6.83. The normalized spacial score (nSPS) is 16.0. The summed E-state index contributed by atoms with van der Waals surface area (Å²) in [6.07, 6.45) is 10.7. The van der Waals surface area contributed by atoms with E-state index in [-0.39, 0.29) is 0 Å². The average molecular weight is 294 g/mol. The van der Waals surface area contributed by atoms with Crippen LogP contribution < -0.4 is 4.57 Å². The van der Waals surface area contributed by atoms with Gasteiger partial charge in [0.1, 0.15) is 7.05 Å². The predicted molar refractivity (Wildman–Crippen MR) is 92.8 cm³/mol. The lowest BCUT2D eigenvalue weighted by atomic mass is 9.85. The quantitative estimate of drug-likeness (QED) is 0.708. The molecule has 116 valence electrons. The molecule has 1 heteroatoms. The molecule has 22 heavy (non-hydrogen) atoms. The third-order valence-electron chi connectivity index (χ3n) is 5.10. The molecule has 0 radical (unpaired) electrons. The van der Waals surface area contributed by atoms with E-state index in [4.69, 9.17) is 0 Å². The first kappa shape index (κ1) is 15.3. The Hall–Kier alpha value is -1.63. The van der Waals surface area contributed by atoms with Crippen LogP contribution in [0.5, 0.6) is 0 Å². The van der Waals surface area contributed by atoms with Gasteiger partial charge in [0, 0.05) is 17.2 Å². The minimum Gasteiger partial charge on any atom is -0.201 e. The molecule has 1 saturated carbocycles. The Bertz CT molecular complexity index is 651. The van der Waals surface area contributed by atoms with E-state index in [9.17, 15) is 0 Å². The van der Waals surface area contributed by atoms with Gasteiger partial charge in [-0.25, -0.2) is 4.57 Å². The van der Waals surface area contributed by atoms with Crippen molar-refractivity contribution >= 4 is 0 Å². The Labute approximate surface area is 135 Å². The maximum atomic E-state index is 2.34. The minimum absolute atomic E-state index is 0.903. The van der Waals surface area contributed by atoms with Crippen molar-refractivity contribution in [1.82, 2.24) is 0 Å². The van der Waals surface area contributed by atoms with Crippen LogP contribution in [0.3, 0.4) is 0 Å². The first-order valence-corrected chi connectivity index (χ1v) is 8.69. The Balaban J connectivity index is 1.82. The summed E-state index contributed by atoms with van der Waals surface area (Å²) in [6.45, 7) is 4.36. The Morgan fingerprint density at radius 1 is 1.00 bits per heavy atom. The third-order valence-corrected chi connectivity index (χ3v) is 5.10. The van der Waals surface area contributed by atoms with Crippen molar-refractivity contribution in [2.24, 2.45) is 13.0 Å². The van der Waals surface area contributed by atoms with Crippen LogP contribution in [-0.2, 0) is 13.5 Å². The molecule has 0 bridgehead atoms. The highest BCUT2D eigenvalue weighted by atomic mass is 14.9. The van der Waals surface area contributed by atoms with Gasteiger partial charge >= 0.3 is 0 Å². The molecule has 1 aromatic heterocycles. The first-order chi connectivity index (χ1) is 10.6. The van der Waals surface area contributed by atoms with Gasteiger partial charge in [-0.05, 0) is 43.9 Å². The smallest absolute Gasteiger partial charge is 0.201 e. The monoisotopic (exact) mass is 294 g/mol. The van der Waals surface area contributed by atoms with Crippen molar-refractivity contribution in [2.45, 2.75) is 52.4 Å². The Morgan fingerprint density at radius 2 is 1.77 bits per heavy atom. The number of hydrogen-bond acceptors (Lipinski definition) is 0. The largest absolute Gasteiger partial charge is 0.212 e. The number of rotatable bonds is 3. The van der Waals surface area contributed by atoms with Crippen LogP contribution in [0.4, 0.5) is 0 Å². The molecule has 2 aromatic rings. The molecule has 1 aliphatic carbocycles. The van der Waals surface area contributed by atoms with Crippen LogP contribution in [0, 0.1) is 19.8 Å². The van der Waals surface area contributed by atoms with Crippen LogP contribution in [-0.4, -0.2) is 0 Å². The van der Waals surface area contributed by atoms with Crippen LogP contribution in [0.2, 0.25) is 0 Å². The topological polar surface area (TPSA) is 3.88 Å². The van der Waals surface area contributed by atoms with Crippen LogP contribution in [0.25, 0.3) is 11.3 Å². The standard InChI is InChI=1S/C21H28N/c1-16-9-11-20(17(2)13-16)21-12-10-19(15-22(21)3)14-18-7-5-4-6-8-18/h9-13,15,18H,4-8,14H2,1-3H3/q+1. The second-order valence-electron chi connectivity index (χ2n) is 7.06. The van der Waals surface area contributed by atoms with Crippen LogP contribution in [0.15, 0.2) is 36.5 Å². The van der Waals surface area contributed by atoms with E-state index < -0.39 is 0 Å². The summed E-state index contributed by atoms with van der Waals surface area (Å²) in [5.74, 6) is 0.903. The zero-order valence-electron chi connectivity index (χ0n) is 14.2. The third kappa shape index (κ3) is 3.40. The van der Waals surface area contributed by atoms with Crippen molar-refractivity contribution in [3.63, 3.8) is 0 Å². The number of aromatic nitrogens is 1. The van der Waals surface area contributed by atoms with E-state index in [0.29, 0.717) is 0 Å². The van der Waals surface area contributed by atoms with E-state index in [1.54, 1.807) is 0 Å². The maximum absolute atomic E-state index is 2.34. The summed E-state index contributed by atoms with van der Waals surface area (Å²) in [4.78, 5) is 0. The molecule has 0 saturated heterocycles. The van der Waals surface area contributed by atoms with Gasteiger partial charge in [-0.15, -0.1) is 0 Å². The lowest BCUT2D eigenvalue weighted by Gasteiger charge is -2.21. The molecule has 0 unspecified atom stereocenters. The number of nitrogens with zero attached hydrogens (tertiary/aromatic N) is 1. The van der Waals surface area contributed by atoms with Crippen molar-refractivity contribution in [3.8, 4) is 11.3 Å². The fraction of sp³-hybridized carbons (Fsp3) is 0.476. The van der Waals surface area contributed by atoms with Gasteiger partial charge in [-0.1, -0.05) is 49.8 Å². The summed E-state index contributed by atoms with van der Waals surface area (Å²) < 4.78 is 2.30. The Kier molecular flexibility index (Phi) is 4.61. The molecule has 1 aromatic carbocycles. The van der Waals surface area contributed by atoms with Crippen LogP contribution in [0.1, 0.15) is 48.8 Å². The molecule has 1 nitrogen and oxygen atoms in total. The summed E-state index contributed by atoms with van der Waals surface area (Å²) >= 11 is 0. The highest BCUT2D eigenvalue weighted by Gasteiger charge is 2.17. The van der Waals surface area contributed by atoms with Gasteiger partial charge in [0.2, 0.25) is 5.69 Å². The fourth-order valence-corrected chi connectivity index (χ4v) is 3.89. The molecular weight excluding hydrogens is 266 g/mol. The summed E-state index contributed by atoms with van der Waals surface area (Å²) in [5, 5.41) is 0. The second-order valence-corrected chi connectivity index (χ2v) is 7.06. The molecular formula is C21H28N+. The molecule has 3 rings (SSSR count). The van der Waals surface area contributed by atoms with Gasteiger partial charge < -0.3 is 0 Å². The number of benzene rings is 1. The van der Waals surface area contributed by atoms with E-state index in [1.165, 1.54) is 66.5 Å². The molecule has 0 atom stereocenters. The molecule has 0 N–H and O–H groups in total. The Morgan fingerprint density at radius 3 is 2.45 bits per heavy atom. The van der Waals surface area contributed by atoms with E-state index in [1.807, 2.05) is 0 Å². The molecule has 1 aliphatic rings. The average Bonchev–Trinajstić information content (AvgIpc) is 2.49. The minimum atomic E-state index is 0.903. The van der Waals surface area contributed by atoms with Gasteiger partial charge in [-0.3, -0.25) is 0 Å². The van der Waals surface area contributed by atoms with Crippen molar-refractivity contribution < 1.29 is 4.57 Å². The van der Waals surface area contributed by atoms with Crippen molar-refractivity contribution in [2.75, 3.05) is 0 Å². The highest BCUT2D eigenvalue weighted by molar-refractivity contribution is 5.61. The lowest BCUT2D eigenvalue weighted by molar-refractivity contribution is -0.660. The number of aryl methyl sites for hydroxylation is 3. The van der Waals surface area contributed by atoms with Crippen molar-refractivity contribution in [3.05, 3.63) is 53.2 Å². The number of hydrogen-bond donors (Lipinski definition) is 0. The predicted octanol–water partition coefficient (Wildman–Crippen LogP) is 4.92. The second kappa shape index (κ2) is 6.64. The van der Waals surface area contributed by atoms with E-state index in [2.05, 4.69) is 62.0 Å². The molecule has 0 amide bonds. The van der Waals surface area contributed by atoms with E-state index >= 15 is 0 Å². The maximum Gasteiger partial charge on any atom is 0.212 e. The molecule has 1 fully saturated rings. The van der Waals surface area contributed by atoms with Gasteiger partial charge in [0.15, 0.2) is 6.20 Å². The van der Waals surface area contributed by atoms with Gasteiger partial charge in [0.05, 0.1) is 0 Å². The SMILES string of the molecule is Cc1ccc(-c2ccc(CC3CCCCC3)c[n+]2C)c(C)c1. The summed E-state index contributed by atoms with van der Waals surface area (Å²) in [7, 11) is 2.18. The molecule has 1 heterocycles. The fourth-order valence-electron chi connectivity index (χ4n) is 3.89. The molecule has 0 aliphatic heterocycles. The zero-order chi connectivity index (χ0) is 15.5. The van der Waals surface area contributed by atoms with E-state index in [0.717, 1.165) is 5.92 Å². The first-order valence-electron chi connectivity index (χ1n) is 8.69. The lowest BCUT2D eigenvalue weighted by Crippen LogP contribution is -2.31. The number of pyridine rings is 1. The highest BCUT2D eigenvalue weighted by Crippen LogP contribution is 2.27. The van der Waals surface area contributed by atoms with Gasteiger partial charge in [-0.2, -0.15) is 0 Å².